The average Bonchev–Trinajstić information content (AvgIpc) is 2.87. The third-order valence-corrected chi connectivity index (χ3v) is 2.75. The minimum absolute atomic E-state index is 0.0237. The second-order valence-electron chi connectivity index (χ2n) is 4.08. The Bertz CT molecular complexity index is 325. The molecule has 0 bridgehead atoms. The molecule has 2 amide bonds. The maximum atomic E-state index is 11.7. The van der Waals surface area contributed by atoms with Crippen molar-refractivity contribution >= 4 is 17.8 Å². The van der Waals surface area contributed by atoms with Crippen LogP contribution in [0.2, 0.25) is 0 Å². The monoisotopic (exact) mass is 258 g/mol. The number of rotatable bonds is 6. The summed E-state index contributed by atoms with van der Waals surface area (Å²) in [5.41, 5.74) is 5.16. The Morgan fingerprint density at radius 1 is 1.50 bits per heavy atom. The van der Waals surface area contributed by atoms with Crippen molar-refractivity contribution in [1.82, 2.24) is 5.32 Å². The van der Waals surface area contributed by atoms with Gasteiger partial charge in [0.1, 0.15) is 12.1 Å². The van der Waals surface area contributed by atoms with Crippen LogP contribution in [0, 0.1) is 0 Å². The van der Waals surface area contributed by atoms with Gasteiger partial charge in [0, 0.05) is 13.0 Å². The second-order valence-corrected chi connectivity index (χ2v) is 4.08. The summed E-state index contributed by atoms with van der Waals surface area (Å²) >= 11 is 0. The Morgan fingerprint density at radius 2 is 2.22 bits per heavy atom. The first-order valence-electron chi connectivity index (χ1n) is 5.82. The van der Waals surface area contributed by atoms with Gasteiger partial charge >= 0.3 is 5.97 Å². The minimum Gasteiger partial charge on any atom is -0.469 e. The summed E-state index contributed by atoms with van der Waals surface area (Å²) in [4.78, 5) is 33.8. The highest BCUT2D eigenvalue weighted by Crippen LogP contribution is 2.12. The Balaban J connectivity index is 2.44. The molecule has 18 heavy (non-hydrogen) atoms. The maximum Gasteiger partial charge on any atom is 0.305 e. The van der Waals surface area contributed by atoms with Crippen molar-refractivity contribution in [2.75, 3.05) is 13.7 Å². The predicted octanol–water partition coefficient (Wildman–Crippen LogP) is -0.911. The molecule has 7 nitrogen and oxygen atoms in total. The molecule has 2 atom stereocenters. The van der Waals surface area contributed by atoms with Crippen molar-refractivity contribution in [3.05, 3.63) is 0 Å². The summed E-state index contributed by atoms with van der Waals surface area (Å²) in [7, 11) is 1.26. The van der Waals surface area contributed by atoms with Crippen LogP contribution in [0.5, 0.6) is 0 Å². The molecule has 1 fully saturated rings. The average molecular weight is 258 g/mol. The number of primary amides is 1. The number of carbonyl (C=O) groups is 3. The lowest BCUT2D eigenvalue weighted by Gasteiger charge is -2.17. The largest absolute Gasteiger partial charge is 0.469 e. The van der Waals surface area contributed by atoms with E-state index in [0.717, 1.165) is 6.42 Å². The van der Waals surface area contributed by atoms with E-state index < -0.39 is 24.0 Å². The van der Waals surface area contributed by atoms with Gasteiger partial charge in [-0.05, 0) is 19.3 Å². The van der Waals surface area contributed by atoms with Gasteiger partial charge in [0.25, 0.3) is 0 Å². The van der Waals surface area contributed by atoms with Crippen LogP contribution in [0.25, 0.3) is 0 Å². The molecular formula is C11H18N2O5. The Kier molecular flexibility index (Phi) is 5.57. The first kappa shape index (κ1) is 14.4. The first-order valence-corrected chi connectivity index (χ1v) is 5.82. The third-order valence-electron chi connectivity index (χ3n) is 2.75. The fraction of sp³-hybridized carbons (Fsp3) is 0.727. The molecule has 7 heteroatoms. The van der Waals surface area contributed by atoms with E-state index in [2.05, 4.69) is 10.1 Å². The SMILES string of the molecule is COC(=O)CC[C@@H](NC(=O)[C@@H]1CCCO1)C(N)=O. The Labute approximate surface area is 105 Å². The number of esters is 1. The minimum atomic E-state index is -0.874. The summed E-state index contributed by atoms with van der Waals surface area (Å²) in [6.45, 7) is 0.543. The van der Waals surface area contributed by atoms with Crippen LogP contribution in [0.4, 0.5) is 0 Å². The molecule has 1 rings (SSSR count). The highest BCUT2D eigenvalue weighted by atomic mass is 16.5. The number of nitrogens with two attached hydrogens (primary N) is 1. The van der Waals surface area contributed by atoms with E-state index in [9.17, 15) is 14.4 Å². The van der Waals surface area contributed by atoms with Crippen LogP contribution in [-0.2, 0) is 23.9 Å². The number of methoxy groups -OCH3 is 1. The molecule has 1 saturated heterocycles. The van der Waals surface area contributed by atoms with E-state index in [1.165, 1.54) is 7.11 Å². The van der Waals surface area contributed by atoms with E-state index in [0.29, 0.717) is 13.0 Å². The molecule has 1 heterocycles. The van der Waals surface area contributed by atoms with Crippen molar-refractivity contribution < 1.29 is 23.9 Å². The van der Waals surface area contributed by atoms with Crippen molar-refractivity contribution in [1.29, 1.82) is 0 Å². The number of hydrogen-bond acceptors (Lipinski definition) is 5. The van der Waals surface area contributed by atoms with Gasteiger partial charge in [0.2, 0.25) is 11.8 Å². The van der Waals surface area contributed by atoms with Crippen molar-refractivity contribution in [2.45, 2.75) is 37.8 Å². The Hall–Kier alpha value is -1.63. The van der Waals surface area contributed by atoms with E-state index >= 15 is 0 Å². The van der Waals surface area contributed by atoms with Crippen LogP contribution in [-0.4, -0.2) is 43.6 Å². The zero-order valence-corrected chi connectivity index (χ0v) is 10.3. The normalized spacial score (nSPS) is 20.2. The van der Waals surface area contributed by atoms with Crippen LogP contribution in [0.1, 0.15) is 25.7 Å². The van der Waals surface area contributed by atoms with Gasteiger partial charge in [-0.15, -0.1) is 0 Å². The van der Waals surface area contributed by atoms with Crippen LogP contribution in [0.15, 0.2) is 0 Å². The summed E-state index contributed by atoms with van der Waals surface area (Å²) in [6, 6.07) is -0.874. The number of amides is 2. The molecule has 0 saturated carbocycles. The fourth-order valence-electron chi connectivity index (χ4n) is 1.70. The lowest BCUT2D eigenvalue weighted by Crippen LogP contribution is -2.48. The maximum absolute atomic E-state index is 11.7. The van der Waals surface area contributed by atoms with Gasteiger partial charge in [-0.3, -0.25) is 14.4 Å². The fourth-order valence-corrected chi connectivity index (χ4v) is 1.70. The van der Waals surface area contributed by atoms with E-state index in [4.69, 9.17) is 10.5 Å². The van der Waals surface area contributed by atoms with Gasteiger partial charge in [0.05, 0.1) is 7.11 Å². The summed E-state index contributed by atoms with van der Waals surface area (Å²) in [5, 5.41) is 2.49. The zero-order chi connectivity index (χ0) is 13.5. The molecule has 102 valence electrons. The molecular weight excluding hydrogens is 240 g/mol. The molecule has 0 spiro atoms. The van der Waals surface area contributed by atoms with Crippen LogP contribution in [0.3, 0.4) is 0 Å². The second kappa shape index (κ2) is 6.95. The van der Waals surface area contributed by atoms with Crippen molar-refractivity contribution in [3.63, 3.8) is 0 Å². The lowest BCUT2D eigenvalue weighted by atomic mass is 10.1. The van der Waals surface area contributed by atoms with E-state index in [-0.39, 0.29) is 18.7 Å². The van der Waals surface area contributed by atoms with Gasteiger partial charge in [-0.2, -0.15) is 0 Å². The molecule has 1 aliphatic rings. The first-order chi connectivity index (χ1) is 8.54. The van der Waals surface area contributed by atoms with Gasteiger partial charge in [-0.1, -0.05) is 0 Å². The third kappa shape index (κ3) is 4.33. The van der Waals surface area contributed by atoms with Gasteiger partial charge < -0.3 is 20.5 Å². The topological polar surface area (TPSA) is 108 Å². The highest BCUT2D eigenvalue weighted by Gasteiger charge is 2.27. The zero-order valence-electron chi connectivity index (χ0n) is 10.3. The van der Waals surface area contributed by atoms with Crippen LogP contribution < -0.4 is 11.1 Å². The standard InChI is InChI=1S/C11H18N2O5/c1-17-9(14)5-4-7(10(12)15)13-11(16)8-3-2-6-18-8/h7-8H,2-6H2,1H3,(H2,12,15)(H,13,16)/t7-,8+/m1/s1. The number of hydrogen-bond donors (Lipinski definition) is 2. The molecule has 3 N–H and O–H groups in total. The Morgan fingerprint density at radius 3 is 2.72 bits per heavy atom. The summed E-state index contributed by atoms with van der Waals surface area (Å²) in [5.74, 6) is -1.49. The summed E-state index contributed by atoms with van der Waals surface area (Å²) in [6.07, 6.45) is 1.08. The molecule has 0 unspecified atom stereocenters. The van der Waals surface area contributed by atoms with E-state index in [1.54, 1.807) is 0 Å². The number of carbonyl (C=O) groups excluding carboxylic acids is 3. The van der Waals surface area contributed by atoms with Gasteiger partial charge in [0.15, 0.2) is 0 Å². The molecule has 0 aliphatic carbocycles. The number of nitrogens with one attached hydrogen (secondary N) is 1. The van der Waals surface area contributed by atoms with Gasteiger partial charge in [-0.25, -0.2) is 0 Å². The molecule has 1 aliphatic heterocycles. The molecule has 0 aromatic carbocycles. The molecule has 0 aromatic rings. The van der Waals surface area contributed by atoms with Crippen molar-refractivity contribution in [2.24, 2.45) is 5.73 Å². The van der Waals surface area contributed by atoms with E-state index in [1.807, 2.05) is 0 Å². The van der Waals surface area contributed by atoms with Crippen LogP contribution >= 0.6 is 0 Å². The quantitative estimate of drug-likeness (QED) is 0.599. The summed E-state index contributed by atoms with van der Waals surface area (Å²) < 4.78 is 9.64. The highest BCUT2D eigenvalue weighted by molar-refractivity contribution is 5.89. The number of ether oxygens (including phenoxy) is 2. The predicted molar refractivity (Wildman–Crippen MR) is 61.3 cm³/mol. The molecule has 0 radical (unpaired) electrons. The van der Waals surface area contributed by atoms with Crippen molar-refractivity contribution in [3.8, 4) is 0 Å². The molecule has 0 aromatic heterocycles. The lowest BCUT2D eigenvalue weighted by molar-refractivity contribution is -0.141. The smallest absolute Gasteiger partial charge is 0.305 e.